The molecule has 1 amide bonds. The lowest BCUT2D eigenvalue weighted by atomic mass is 10.3. The number of halogens is 2. The van der Waals surface area contributed by atoms with Crippen LogP contribution in [0.2, 0.25) is 10.0 Å². The quantitative estimate of drug-likeness (QED) is 0.913. The van der Waals surface area contributed by atoms with E-state index in [0.29, 0.717) is 21.4 Å². The first-order valence-corrected chi connectivity index (χ1v) is 6.43. The summed E-state index contributed by atoms with van der Waals surface area (Å²) in [4.78, 5) is 23.5. The van der Waals surface area contributed by atoms with Crippen LogP contribution in [0.5, 0.6) is 0 Å². The van der Waals surface area contributed by atoms with E-state index < -0.39 is 5.91 Å². The van der Waals surface area contributed by atoms with Crippen LogP contribution in [-0.4, -0.2) is 10.5 Å². The Balaban J connectivity index is 2.17. The van der Waals surface area contributed by atoms with Gasteiger partial charge in [-0.25, -0.2) is 0 Å². The van der Waals surface area contributed by atoms with Crippen LogP contribution in [0.1, 0.15) is 0 Å². The number of carbonyl (C=O) groups excluding carboxylic acids is 1. The van der Waals surface area contributed by atoms with Crippen molar-refractivity contribution >= 4 is 40.5 Å². The van der Waals surface area contributed by atoms with Crippen molar-refractivity contribution in [2.75, 3.05) is 11.1 Å². The smallest absolute Gasteiger partial charge is 0.251 e. The summed E-state index contributed by atoms with van der Waals surface area (Å²) in [5.41, 5.74) is 5.96. The number of para-hydroxylation sites is 1. The third-order valence-corrected chi connectivity index (χ3v) is 3.18. The fraction of sp³-hybridized carbons (Fsp3) is 0.0769. The molecule has 0 saturated carbocycles. The van der Waals surface area contributed by atoms with Gasteiger partial charge in [0.15, 0.2) is 0 Å². The lowest BCUT2D eigenvalue weighted by Crippen LogP contribution is -2.27. The normalized spacial score (nSPS) is 10.3. The predicted molar refractivity (Wildman–Crippen MR) is 80.2 cm³/mol. The lowest BCUT2D eigenvalue weighted by Gasteiger charge is -2.10. The summed E-state index contributed by atoms with van der Waals surface area (Å²) in [6, 6.07) is 7.65. The Hall–Kier alpha value is -1.98. The highest BCUT2D eigenvalue weighted by Gasteiger charge is 2.10. The molecule has 2 rings (SSSR count). The van der Waals surface area contributed by atoms with Crippen molar-refractivity contribution in [3.63, 3.8) is 0 Å². The SMILES string of the molecule is Nc1ccc(=O)n(CC(=O)Nc2c(Cl)cccc2Cl)c1. The lowest BCUT2D eigenvalue weighted by molar-refractivity contribution is -0.116. The molecule has 0 atom stereocenters. The monoisotopic (exact) mass is 311 g/mol. The van der Waals surface area contributed by atoms with E-state index in [1.807, 2.05) is 0 Å². The minimum atomic E-state index is -0.423. The fourth-order valence-electron chi connectivity index (χ4n) is 1.62. The van der Waals surface area contributed by atoms with Crippen LogP contribution in [0.3, 0.4) is 0 Å². The second kappa shape index (κ2) is 5.98. The number of pyridine rings is 1. The van der Waals surface area contributed by atoms with Gasteiger partial charge in [-0.05, 0) is 18.2 Å². The Bertz CT molecular complexity index is 693. The average Bonchev–Trinajstić information content (AvgIpc) is 2.38. The number of nitrogens with two attached hydrogens (primary N) is 1. The van der Waals surface area contributed by atoms with Crippen LogP contribution >= 0.6 is 23.2 Å². The van der Waals surface area contributed by atoms with Crippen molar-refractivity contribution in [2.45, 2.75) is 6.54 Å². The van der Waals surface area contributed by atoms with E-state index in [4.69, 9.17) is 28.9 Å². The van der Waals surface area contributed by atoms with Gasteiger partial charge >= 0.3 is 0 Å². The van der Waals surface area contributed by atoms with Gasteiger partial charge in [-0.15, -0.1) is 0 Å². The van der Waals surface area contributed by atoms with Gasteiger partial charge < -0.3 is 15.6 Å². The van der Waals surface area contributed by atoms with Crippen LogP contribution in [0.4, 0.5) is 11.4 Å². The molecule has 3 N–H and O–H groups in total. The van der Waals surface area contributed by atoms with Crippen molar-refractivity contribution in [3.8, 4) is 0 Å². The molecule has 1 aromatic heterocycles. The summed E-state index contributed by atoms with van der Waals surface area (Å²) in [6.45, 7) is -0.175. The van der Waals surface area contributed by atoms with Crippen molar-refractivity contribution in [2.24, 2.45) is 0 Å². The highest BCUT2D eigenvalue weighted by atomic mass is 35.5. The summed E-state index contributed by atoms with van der Waals surface area (Å²) in [6.07, 6.45) is 1.40. The standard InChI is InChI=1S/C13H11Cl2N3O2/c14-9-2-1-3-10(15)13(9)17-11(19)7-18-6-8(16)4-5-12(18)20/h1-6H,7,16H2,(H,17,19). The molecule has 20 heavy (non-hydrogen) atoms. The summed E-state index contributed by atoms with van der Waals surface area (Å²) < 4.78 is 1.20. The second-order valence-corrected chi connectivity index (χ2v) is 4.89. The highest BCUT2D eigenvalue weighted by molar-refractivity contribution is 6.39. The van der Waals surface area contributed by atoms with Crippen LogP contribution in [-0.2, 0) is 11.3 Å². The van der Waals surface area contributed by atoms with Gasteiger partial charge in [-0.3, -0.25) is 9.59 Å². The minimum absolute atomic E-state index is 0.175. The topological polar surface area (TPSA) is 77.1 Å². The van der Waals surface area contributed by atoms with Crippen molar-refractivity contribution in [3.05, 3.63) is 56.9 Å². The Morgan fingerprint density at radius 3 is 2.50 bits per heavy atom. The first-order chi connectivity index (χ1) is 9.47. The van der Waals surface area contributed by atoms with Gasteiger partial charge in [0.25, 0.3) is 5.56 Å². The first kappa shape index (κ1) is 14.4. The molecule has 0 fully saturated rings. The number of nitrogens with one attached hydrogen (secondary N) is 1. The molecule has 0 aliphatic rings. The predicted octanol–water partition coefficient (Wildman–Crippen LogP) is 2.38. The first-order valence-electron chi connectivity index (χ1n) is 5.67. The van der Waals surface area contributed by atoms with Crippen molar-refractivity contribution in [1.82, 2.24) is 4.57 Å². The number of nitrogen functional groups attached to an aromatic ring is 1. The molecule has 0 saturated heterocycles. The zero-order valence-electron chi connectivity index (χ0n) is 10.3. The number of anilines is 2. The van der Waals surface area contributed by atoms with Crippen LogP contribution in [0.25, 0.3) is 0 Å². The summed E-state index contributed by atoms with van der Waals surface area (Å²) >= 11 is 11.9. The molecule has 0 aliphatic carbocycles. The van der Waals surface area contributed by atoms with Crippen LogP contribution in [0, 0.1) is 0 Å². The van der Waals surface area contributed by atoms with Gasteiger partial charge in [-0.2, -0.15) is 0 Å². The number of hydrogen-bond donors (Lipinski definition) is 2. The molecule has 0 spiro atoms. The van der Waals surface area contributed by atoms with E-state index in [1.165, 1.54) is 22.9 Å². The van der Waals surface area contributed by atoms with Gasteiger partial charge in [-0.1, -0.05) is 29.3 Å². The average molecular weight is 312 g/mol. The van der Waals surface area contributed by atoms with Gasteiger partial charge in [0.2, 0.25) is 5.91 Å². The third-order valence-electron chi connectivity index (χ3n) is 2.55. The fourth-order valence-corrected chi connectivity index (χ4v) is 2.12. The second-order valence-electron chi connectivity index (χ2n) is 4.07. The third kappa shape index (κ3) is 3.31. The zero-order chi connectivity index (χ0) is 14.7. The van der Waals surface area contributed by atoms with E-state index in [1.54, 1.807) is 18.2 Å². The number of amides is 1. The Labute approximate surface area is 124 Å². The number of benzene rings is 1. The Morgan fingerprint density at radius 2 is 1.85 bits per heavy atom. The number of rotatable bonds is 3. The van der Waals surface area contributed by atoms with Crippen molar-refractivity contribution < 1.29 is 4.79 Å². The maximum Gasteiger partial charge on any atom is 0.251 e. The summed E-state index contributed by atoms with van der Waals surface area (Å²) in [7, 11) is 0. The largest absolute Gasteiger partial charge is 0.398 e. The van der Waals surface area contributed by atoms with Crippen LogP contribution in [0.15, 0.2) is 41.3 Å². The number of nitrogens with zero attached hydrogens (tertiary/aromatic N) is 1. The molecule has 0 radical (unpaired) electrons. The molecular formula is C13H11Cl2N3O2. The number of carbonyl (C=O) groups is 1. The Morgan fingerprint density at radius 1 is 1.20 bits per heavy atom. The molecular weight excluding hydrogens is 301 g/mol. The van der Waals surface area contributed by atoms with E-state index >= 15 is 0 Å². The molecule has 1 heterocycles. The molecule has 2 aromatic rings. The number of aromatic nitrogens is 1. The van der Waals surface area contributed by atoms with E-state index in [2.05, 4.69) is 5.32 Å². The number of hydrogen-bond acceptors (Lipinski definition) is 3. The van der Waals surface area contributed by atoms with Crippen LogP contribution < -0.4 is 16.6 Å². The Kier molecular flexibility index (Phi) is 4.32. The molecule has 0 bridgehead atoms. The van der Waals surface area contributed by atoms with E-state index in [9.17, 15) is 9.59 Å². The molecule has 104 valence electrons. The maximum atomic E-state index is 11.9. The van der Waals surface area contributed by atoms with Gasteiger partial charge in [0.05, 0.1) is 15.7 Å². The van der Waals surface area contributed by atoms with Crippen molar-refractivity contribution in [1.29, 1.82) is 0 Å². The van der Waals surface area contributed by atoms with E-state index in [0.717, 1.165) is 0 Å². The molecule has 7 heteroatoms. The summed E-state index contributed by atoms with van der Waals surface area (Å²) in [5.74, 6) is -0.423. The van der Waals surface area contributed by atoms with E-state index in [-0.39, 0.29) is 12.1 Å². The van der Waals surface area contributed by atoms with Gasteiger partial charge in [0.1, 0.15) is 6.54 Å². The van der Waals surface area contributed by atoms with Gasteiger partial charge in [0, 0.05) is 18.0 Å². The molecule has 0 aliphatic heterocycles. The minimum Gasteiger partial charge on any atom is -0.398 e. The molecule has 5 nitrogen and oxygen atoms in total. The maximum absolute atomic E-state index is 11.9. The highest BCUT2D eigenvalue weighted by Crippen LogP contribution is 2.29. The molecule has 0 unspecified atom stereocenters. The zero-order valence-corrected chi connectivity index (χ0v) is 11.8. The molecule has 1 aromatic carbocycles. The summed E-state index contributed by atoms with van der Waals surface area (Å²) in [5, 5.41) is 3.22.